The first-order valence-corrected chi connectivity index (χ1v) is 12.3. The number of nitrogens with one attached hydrogen (secondary N) is 2. The summed E-state index contributed by atoms with van der Waals surface area (Å²) >= 11 is 0. The third-order valence-corrected chi connectivity index (χ3v) is 7.70. The number of hydrogen-bond donors (Lipinski definition) is 2. The molecule has 0 unspecified atom stereocenters. The maximum Gasteiger partial charge on any atom is 0.331 e. The number of benzene rings is 1. The molecule has 172 valence electrons. The van der Waals surface area contributed by atoms with Crippen molar-refractivity contribution in [3.05, 3.63) is 51.7 Å². The van der Waals surface area contributed by atoms with E-state index >= 15 is 0 Å². The number of carbonyl (C=O) groups excluding carboxylic acids is 1. The molecule has 2 saturated carbocycles. The van der Waals surface area contributed by atoms with E-state index in [1.54, 1.807) is 10.6 Å². The molecular formula is C22H28N4O5S. The Morgan fingerprint density at radius 2 is 1.97 bits per heavy atom. The molecule has 0 spiro atoms. The first kappa shape index (κ1) is 22.5. The van der Waals surface area contributed by atoms with Gasteiger partial charge >= 0.3 is 5.69 Å². The van der Waals surface area contributed by atoms with Gasteiger partial charge in [0.05, 0.1) is 15.8 Å². The second kappa shape index (κ2) is 8.32. The Morgan fingerprint density at radius 1 is 1.25 bits per heavy atom. The third-order valence-electron chi connectivity index (χ3n) is 6.07. The lowest BCUT2D eigenvalue weighted by Gasteiger charge is -2.16. The van der Waals surface area contributed by atoms with Crippen molar-refractivity contribution in [1.82, 2.24) is 19.2 Å². The summed E-state index contributed by atoms with van der Waals surface area (Å²) in [5.74, 6) is 0.0577. The van der Waals surface area contributed by atoms with Gasteiger partial charge < -0.3 is 5.32 Å². The van der Waals surface area contributed by atoms with Crippen LogP contribution in [0.2, 0.25) is 0 Å². The molecule has 2 aromatic rings. The van der Waals surface area contributed by atoms with Crippen molar-refractivity contribution < 1.29 is 13.2 Å². The Morgan fingerprint density at radius 3 is 2.59 bits per heavy atom. The van der Waals surface area contributed by atoms with Crippen molar-refractivity contribution in [1.29, 1.82) is 0 Å². The largest absolute Gasteiger partial charge is 0.353 e. The van der Waals surface area contributed by atoms with Crippen molar-refractivity contribution >= 4 is 26.8 Å². The zero-order valence-electron chi connectivity index (χ0n) is 18.1. The minimum absolute atomic E-state index is 0.0108. The SMILES string of the molecule is C=CC(=O)NCCCn1c(=O)c2cc(S(=O)(=O)NC3(C)CC3)ccc2n(CC2CC2)c1=O. The number of fused-ring (bicyclic) bond motifs is 1. The fourth-order valence-corrected chi connectivity index (χ4v) is 5.19. The van der Waals surface area contributed by atoms with Crippen LogP contribution < -0.4 is 21.3 Å². The number of hydrogen-bond acceptors (Lipinski definition) is 5. The average molecular weight is 461 g/mol. The third kappa shape index (κ3) is 4.71. The van der Waals surface area contributed by atoms with Crippen LogP contribution in [0.25, 0.3) is 10.9 Å². The molecule has 10 heteroatoms. The molecule has 0 bridgehead atoms. The highest BCUT2D eigenvalue weighted by Gasteiger charge is 2.41. The summed E-state index contributed by atoms with van der Waals surface area (Å²) in [6.45, 7) is 6.12. The van der Waals surface area contributed by atoms with Crippen LogP contribution in [0.5, 0.6) is 0 Å². The van der Waals surface area contributed by atoms with Crippen LogP contribution in [0.4, 0.5) is 0 Å². The topological polar surface area (TPSA) is 119 Å². The molecule has 0 saturated heterocycles. The van der Waals surface area contributed by atoms with Gasteiger partial charge in [-0.1, -0.05) is 6.58 Å². The highest BCUT2D eigenvalue weighted by atomic mass is 32.2. The van der Waals surface area contributed by atoms with E-state index in [4.69, 9.17) is 0 Å². The molecule has 1 amide bonds. The summed E-state index contributed by atoms with van der Waals surface area (Å²) < 4.78 is 31.1. The molecule has 0 atom stereocenters. The average Bonchev–Trinajstić information content (AvgIpc) is 3.68. The zero-order chi connectivity index (χ0) is 23.1. The van der Waals surface area contributed by atoms with Crippen molar-refractivity contribution in [3.8, 4) is 0 Å². The predicted molar refractivity (Wildman–Crippen MR) is 121 cm³/mol. The number of rotatable bonds is 10. The fraction of sp³-hybridized carbons (Fsp3) is 0.500. The molecule has 9 nitrogen and oxygen atoms in total. The molecule has 2 aliphatic carbocycles. The minimum atomic E-state index is -3.79. The van der Waals surface area contributed by atoms with Gasteiger partial charge in [0.1, 0.15) is 0 Å². The summed E-state index contributed by atoms with van der Waals surface area (Å²) in [4.78, 5) is 37.6. The van der Waals surface area contributed by atoms with E-state index in [0.717, 1.165) is 36.3 Å². The van der Waals surface area contributed by atoms with Gasteiger partial charge in [-0.05, 0) is 69.2 Å². The molecule has 1 heterocycles. The van der Waals surface area contributed by atoms with Crippen LogP contribution in [0, 0.1) is 5.92 Å². The van der Waals surface area contributed by atoms with E-state index < -0.39 is 26.8 Å². The maximum atomic E-state index is 13.2. The number of sulfonamides is 1. The quantitative estimate of drug-likeness (QED) is 0.406. The molecule has 4 rings (SSSR count). The first-order chi connectivity index (χ1) is 15.1. The van der Waals surface area contributed by atoms with Gasteiger partial charge in [-0.15, -0.1) is 0 Å². The Kier molecular flexibility index (Phi) is 5.85. The number of aromatic nitrogens is 2. The van der Waals surface area contributed by atoms with Crippen LogP contribution in [-0.4, -0.2) is 35.5 Å². The number of carbonyl (C=O) groups is 1. The van der Waals surface area contributed by atoms with Gasteiger partial charge in [0, 0.05) is 25.2 Å². The van der Waals surface area contributed by atoms with Crippen molar-refractivity contribution in [2.75, 3.05) is 6.54 Å². The Hall–Kier alpha value is -2.72. The normalized spacial score (nSPS) is 17.3. The summed E-state index contributed by atoms with van der Waals surface area (Å²) in [5.41, 5.74) is -0.931. The monoisotopic (exact) mass is 460 g/mol. The first-order valence-electron chi connectivity index (χ1n) is 10.9. The lowest BCUT2D eigenvalue weighted by Crippen LogP contribution is -2.41. The molecule has 0 radical (unpaired) electrons. The van der Waals surface area contributed by atoms with Gasteiger partial charge in [0.15, 0.2) is 0 Å². The van der Waals surface area contributed by atoms with E-state index in [1.165, 1.54) is 12.1 Å². The number of amides is 1. The Labute approximate surface area is 186 Å². The molecule has 32 heavy (non-hydrogen) atoms. The maximum absolute atomic E-state index is 13.2. The molecule has 1 aromatic carbocycles. The highest BCUT2D eigenvalue weighted by molar-refractivity contribution is 7.89. The van der Waals surface area contributed by atoms with E-state index in [-0.39, 0.29) is 29.3 Å². The Balaban J connectivity index is 1.73. The van der Waals surface area contributed by atoms with E-state index in [2.05, 4.69) is 16.6 Å². The molecule has 0 aliphatic heterocycles. The second-order valence-corrected chi connectivity index (χ2v) is 10.7. The highest BCUT2D eigenvalue weighted by Crippen LogP contribution is 2.36. The summed E-state index contributed by atoms with van der Waals surface area (Å²) in [6.07, 6.45) is 5.13. The lowest BCUT2D eigenvalue weighted by atomic mass is 10.2. The van der Waals surface area contributed by atoms with Crippen molar-refractivity contribution in [2.45, 2.75) is 62.6 Å². The van der Waals surface area contributed by atoms with E-state index in [0.29, 0.717) is 24.4 Å². The van der Waals surface area contributed by atoms with Crippen LogP contribution in [0.1, 0.15) is 39.0 Å². The standard InChI is InChI=1S/C22H28N4O5S/c1-3-19(27)23-11-4-12-25-20(28)17-13-16(32(30,31)24-22(2)9-10-22)7-8-18(17)26(21(25)29)14-15-5-6-15/h3,7-8,13,15,24H,1,4-6,9-12,14H2,2H3,(H,23,27). The zero-order valence-corrected chi connectivity index (χ0v) is 18.9. The molecular weight excluding hydrogens is 432 g/mol. The summed E-state index contributed by atoms with van der Waals surface area (Å²) in [5, 5.41) is 2.82. The number of nitrogens with zero attached hydrogens (tertiary/aromatic N) is 2. The van der Waals surface area contributed by atoms with Gasteiger partial charge in [0.2, 0.25) is 15.9 Å². The molecule has 2 N–H and O–H groups in total. The van der Waals surface area contributed by atoms with Crippen LogP contribution in [0.3, 0.4) is 0 Å². The summed E-state index contributed by atoms with van der Waals surface area (Å²) in [7, 11) is -3.79. The van der Waals surface area contributed by atoms with E-state index in [1.807, 2.05) is 6.92 Å². The van der Waals surface area contributed by atoms with Crippen molar-refractivity contribution in [2.24, 2.45) is 5.92 Å². The van der Waals surface area contributed by atoms with Gasteiger partial charge in [0.25, 0.3) is 5.56 Å². The fourth-order valence-electron chi connectivity index (χ4n) is 3.70. The Bertz CT molecular complexity index is 1300. The van der Waals surface area contributed by atoms with Gasteiger partial charge in [-0.3, -0.25) is 18.7 Å². The smallest absolute Gasteiger partial charge is 0.331 e. The van der Waals surface area contributed by atoms with Crippen LogP contribution in [-0.2, 0) is 27.9 Å². The van der Waals surface area contributed by atoms with Gasteiger partial charge in [-0.25, -0.2) is 17.9 Å². The molecule has 2 aliphatic rings. The van der Waals surface area contributed by atoms with E-state index in [9.17, 15) is 22.8 Å². The lowest BCUT2D eigenvalue weighted by molar-refractivity contribution is -0.116. The minimum Gasteiger partial charge on any atom is -0.353 e. The molecule has 2 fully saturated rings. The molecule has 1 aromatic heterocycles. The predicted octanol–water partition coefficient (Wildman–Crippen LogP) is 1.10. The van der Waals surface area contributed by atoms with Gasteiger partial charge in [-0.2, -0.15) is 0 Å². The second-order valence-electron chi connectivity index (χ2n) is 8.99. The van der Waals surface area contributed by atoms with Crippen molar-refractivity contribution in [3.63, 3.8) is 0 Å². The summed E-state index contributed by atoms with van der Waals surface area (Å²) in [6, 6.07) is 4.37. The van der Waals surface area contributed by atoms with Crippen LogP contribution >= 0.6 is 0 Å². The van der Waals surface area contributed by atoms with Crippen LogP contribution in [0.15, 0.2) is 45.3 Å².